The summed E-state index contributed by atoms with van der Waals surface area (Å²) in [5.41, 5.74) is 4.30. The standard InChI is InChI=1S/C17H18BrN3O/c1-3-4-5-12-8-11(2)9-16(17(12)22)21-19-14-7-6-13(18)10-15(14)20-21/h6-10,22H,3-5H2,1-2H3. The number of aromatic nitrogens is 3. The number of hydrogen-bond donors (Lipinski definition) is 1. The minimum atomic E-state index is 0.276. The highest BCUT2D eigenvalue weighted by atomic mass is 79.9. The van der Waals surface area contributed by atoms with E-state index in [-0.39, 0.29) is 5.75 Å². The zero-order valence-corrected chi connectivity index (χ0v) is 14.3. The molecule has 5 heteroatoms. The Morgan fingerprint density at radius 1 is 1.14 bits per heavy atom. The molecule has 0 amide bonds. The molecule has 22 heavy (non-hydrogen) atoms. The lowest BCUT2D eigenvalue weighted by molar-refractivity contribution is 0.459. The van der Waals surface area contributed by atoms with Crippen molar-refractivity contribution < 1.29 is 5.11 Å². The van der Waals surface area contributed by atoms with Crippen LogP contribution in [0.25, 0.3) is 16.7 Å². The maximum Gasteiger partial charge on any atom is 0.146 e. The van der Waals surface area contributed by atoms with E-state index in [1.807, 2.05) is 37.3 Å². The van der Waals surface area contributed by atoms with Crippen molar-refractivity contribution in [2.75, 3.05) is 0 Å². The van der Waals surface area contributed by atoms with Crippen molar-refractivity contribution in [3.05, 3.63) is 45.9 Å². The van der Waals surface area contributed by atoms with Crippen molar-refractivity contribution in [1.82, 2.24) is 15.0 Å². The third kappa shape index (κ3) is 2.86. The molecule has 0 fully saturated rings. The Labute approximate surface area is 137 Å². The van der Waals surface area contributed by atoms with Crippen LogP contribution in [-0.2, 0) is 6.42 Å². The van der Waals surface area contributed by atoms with Crippen molar-refractivity contribution in [2.24, 2.45) is 0 Å². The van der Waals surface area contributed by atoms with Crippen LogP contribution in [0.4, 0.5) is 0 Å². The molecular formula is C17H18BrN3O. The molecule has 1 heterocycles. The Hall–Kier alpha value is -1.88. The number of unbranched alkanes of at least 4 members (excludes halogenated alkanes) is 1. The van der Waals surface area contributed by atoms with Crippen LogP contribution in [-0.4, -0.2) is 20.1 Å². The lowest BCUT2D eigenvalue weighted by atomic mass is 10.0. The van der Waals surface area contributed by atoms with Gasteiger partial charge in [0.05, 0.1) is 0 Å². The molecule has 0 spiro atoms. The molecule has 0 radical (unpaired) electrons. The van der Waals surface area contributed by atoms with Gasteiger partial charge in [0.1, 0.15) is 22.5 Å². The Morgan fingerprint density at radius 2 is 1.91 bits per heavy atom. The highest BCUT2D eigenvalue weighted by Crippen LogP contribution is 2.29. The highest BCUT2D eigenvalue weighted by molar-refractivity contribution is 9.10. The number of rotatable bonds is 4. The van der Waals surface area contributed by atoms with Gasteiger partial charge >= 0.3 is 0 Å². The van der Waals surface area contributed by atoms with Crippen LogP contribution < -0.4 is 0 Å². The number of phenols is 1. The third-order valence-corrected chi connectivity index (χ3v) is 4.16. The van der Waals surface area contributed by atoms with Crippen LogP contribution in [0.2, 0.25) is 0 Å². The van der Waals surface area contributed by atoms with Gasteiger partial charge in [-0.2, -0.15) is 0 Å². The summed E-state index contributed by atoms with van der Waals surface area (Å²) in [4.78, 5) is 1.52. The Kier molecular flexibility index (Phi) is 4.16. The second-order valence-electron chi connectivity index (χ2n) is 5.52. The predicted octanol–water partition coefficient (Wildman–Crippen LogP) is 4.54. The maximum absolute atomic E-state index is 10.6. The summed E-state index contributed by atoms with van der Waals surface area (Å²) >= 11 is 3.44. The van der Waals surface area contributed by atoms with E-state index in [4.69, 9.17) is 0 Å². The number of benzene rings is 2. The second kappa shape index (κ2) is 6.08. The van der Waals surface area contributed by atoms with E-state index >= 15 is 0 Å². The molecule has 0 atom stereocenters. The largest absolute Gasteiger partial charge is 0.505 e. The molecule has 3 rings (SSSR count). The fraction of sp³-hybridized carbons (Fsp3) is 0.294. The van der Waals surface area contributed by atoms with Crippen LogP contribution in [0.15, 0.2) is 34.8 Å². The third-order valence-electron chi connectivity index (χ3n) is 3.67. The summed E-state index contributed by atoms with van der Waals surface area (Å²) in [7, 11) is 0. The fourth-order valence-corrected chi connectivity index (χ4v) is 2.89. The monoisotopic (exact) mass is 359 g/mol. The Bertz CT molecular complexity index is 826. The Balaban J connectivity index is 2.10. The first-order valence-corrected chi connectivity index (χ1v) is 8.23. The molecular weight excluding hydrogens is 342 g/mol. The van der Waals surface area contributed by atoms with Crippen molar-refractivity contribution >= 4 is 27.0 Å². The van der Waals surface area contributed by atoms with E-state index in [1.54, 1.807) is 0 Å². The van der Waals surface area contributed by atoms with Gasteiger partial charge in [0, 0.05) is 4.47 Å². The number of aryl methyl sites for hydroxylation is 2. The van der Waals surface area contributed by atoms with Crippen molar-refractivity contribution in [1.29, 1.82) is 0 Å². The van der Waals surface area contributed by atoms with Crippen LogP contribution in [0.3, 0.4) is 0 Å². The molecule has 0 aliphatic rings. The number of aromatic hydroxyl groups is 1. The number of phenolic OH excluding ortho intramolecular Hbond substituents is 1. The molecule has 0 saturated carbocycles. The number of nitrogens with zero attached hydrogens (tertiary/aromatic N) is 3. The lowest BCUT2D eigenvalue weighted by Crippen LogP contribution is -2.02. The van der Waals surface area contributed by atoms with Crippen LogP contribution in [0.5, 0.6) is 5.75 Å². The van der Waals surface area contributed by atoms with Crippen LogP contribution >= 0.6 is 15.9 Å². The van der Waals surface area contributed by atoms with Crippen molar-refractivity contribution in [2.45, 2.75) is 33.1 Å². The highest BCUT2D eigenvalue weighted by Gasteiger charge is 2.13. The second-order valence-corrected chi connectivity index (χ2v) is 6.43. The SMILES string of the molecule is CCCCc1cc(C)cc(-n2nc3ccc(Br)cc3n2)c1O. The quantitative estimate of drug-likeness (QED) is 0.743. The van der Waals surface area contributed by atoms with Gasteiger partial charge in [-0.3, -0.25) is 0 Å². The number of fused-ring (bicyclic) bond motifs is 1. The van der Waals surface area contributed by atoms with Crippen LogP contribution in [0, 0.1) is 6.92 Å². The van der Waals surface area contributed by atoms with Gasteiger partial charge in [-0.25, -0.2) is 0 Å². The fourth-order valence-electron chi connectivity index (χ4n) is 2.54. The first kappa shape index (κ1) is 15.0. The molecule has 2 aromatic carbocycles. The van der Waals surface area contributed by atoms with Gasteiger partial charge in [0.2, 0.25) is 0 Å². The predicted molar refractivity (Wildman–Crippen MR) is 91.6 cm³/mol. The molecule has 3 aromatic rings. The zero-order chi connectivity index (χ0) is 15.7. The first-order chi connectivity index (χ1) is 10.6. The summed E-state index contributed by atoms with van der Waals surface area (Å²) in [6.07, 6.45) is 3.02. The molecule has 0 aliphatic heterocycles. The van der Waals surface area contributed by atoms with E-state index in [2.05, 4.69) is 33.1 Å². The van der Waals surface area contributed by atoms with Gasteiger partial charge in [-0.1, -0.05) is 35.3 Å². The minimum absolute atomic E-state index is 0.276. The molecule has 1 aromatic heterocycles. The van der Waals surface area contributed by atoms with Crippen molar-refractivity contribution in [3.8, 4) is 11.4 Å². The Morgan fingerprint density at radius 3 is 2.68 bits per heavy atom. The molecule has 0 bridgehead atoms. The average Bonchev–Trinajstić information content (AvgIpc) is 2.90. The van der Waals surface area contributed by atoms with Gasteiger partial charge in [-0.15, -0.1) is 15.0 Å². The van der Waals surface area contributed by atoms with Crippen molar-refractivity contribution in [3.63, 3.8) is 0 Å². The first-order valence-electron chi connectivity index (χ1n) is 7.44. The zero-order valence-electron chi connectivity index (χ0n) is 12.7. The van der Waals surface area contributed by atoms with Gasteiger partial charge in [0.25, 0.3) is 0 Å². The van der Waals surface area contributed by atoms with Gasteiger partial charge in [0.15, 0.2) is 0 Å². The van der Waals surface area contributed by atoms with Crippen LogP contribution in [0.1, 0.15) is 30.9 Å². The summed E-state index contributed by atoms with van der Waals surface area (Å²) in [6, 6.07) is 9.72. The van der Waals surface area contributed by atoms with Gasteiger partial charge in [-0.05, 0) is 55.2 Å². The lowest BCUT2D eigenvalue weighted by Gasteiger charge is -2.10. The molecule has 0 saturated heterocycles. The van der Waals surface area contributed by atoms with E-state index in [0.717, 1.165) is 45.9 Å². The summed E-state index contributed by atoms with van der Waals surface area (Å²) < 4.78 is 0.962. The minimum Gasteiger partial charge on any atom is -0.505 e. The van der Waals surface area contributed by atoms with E-state index in [1.165, 1.54) is 4.80 Å². The number of hydrogen-bond acceptors (Lipinski definition) is 3. The molecule has 1 N–H and O–H groups in total. The van der Waals surface area contributed by atoms with E-state index in [9.17, 15) is 5.11 Å². The smallest absolute Gasteiger partial charge is 0.146 e. The van der Waals surface area contributed by atoms with E-state index < -0.39 is 0 Å². The summed E-state index contributed by atoms with van der Waals surface area (Å²) in [5.74, 6) is 0.276. The normalized spacial score (nSPS) is 11.2. The van der Waals surface area contributed by atoms with E-state index in [0.29, 0.717) is 5.69 Å². The topological polar surface area (TPSA) is 50.9 Å². The number of halogens is 1. The van der Waals surface area contributed by atoms with Gasteiger partial charge < -0.3 is 5.11 Å². The average molecular weight is 360 g/mol. The molecule has 0 aliphatic carbocycles. The summed E-state index contributed by atoms with van der Waals surface area (Å²) in [6.45, 7) is 4.17. The molecule has 0 unspecified atom stereocenters. The molecule has 4 nitrogen and oxygen atoms in total. The summed E-state index contributed by atoms with van der Waals surface area (Å²) in [5, 5.41) is 19.5. The molecule has 114 valence electrons. The maximum atomic E-state index is 10.6.